The molecule has 1 N–H and O–H groups in total. The molecule has 2 heterocycles. The fraction of sp³-hybridized carbons (Fsp3) is 0.483. The molecule has 1 saturated heterocycles. The van der Waals surface area contributed by atoms with Crippen molar-refractivity contribution in [1.82, 2.24) is 14.5 Å². The van der Waals surface area contributed by atoms with Gasteiger partial charge in [-0.3, -0.25) is 4.68 Å². The van der Waals surface area contributed by atoms with Crippen LogP contribution in [0.25, 0.3) is 0 Å². The Bertz CT molecular complexity index is 1220. The zero-order chi connectivity index (χ0) is 27.7. The van der Waals surface area contributed by atoms with Gasteiger partial charge in [-0.15, -0.1) is 4.72 Å². The van der Waals surface area contributed by atoms with Gasteiger partial charge >= 0.3 is 7.12 Å². The van der Waals surface area contributed by atoms with Crippen molar-refractivity contribution in [3.05, 3.63) is 72.1 Å². The SMILES string of the molecule is CC(Cc1cccc(Oc2cccc(Cn3cc(B4OC(C)(C)C(C)(C)O4)cn3)c2)c1)N[S+]([O-])C(C)(C)C. The van der Waals surface area contributed by atoms with Crippen molar-refractivity contribution < 1.29 is 18.6 Å². The second kappa shape index (κ2) is 11.1. The predicted molar refractivity (Wildman–Crippen MR) is 154 cm³/mol. The predicted octanol–water partition coefficient (Wildman–Crippen LogP) is 5.01. The standard InChI is InChI=1S/C29H40BN3O4S/c1-21(32-38(34)27(2,3)4)15-22-11-9-13-25(16-22)35-26-14-10-12-23(17-26)19-33-20-24(18-31-33)30-36-28(5,6)29(7,8)37-30/h9-14,16-18,20-21,32H,15,19H2,1-8H3. The quantitative estimate of drug-likeness (QED) is 0.306. The highest BCUT2D eigenvalue weighted by atomic mass is 32.2. The maximum absolute atomic E-state index is 12.4. The molecule has 4 rings (SSSR count). The van der Waals surface area contributed by atoms with Crippen molar-refractivity contribution in [1.29, 1.82) is 0 Å². The van der Waals surface area contributed by atoms with Gasteiger partial charge in [0.25, 0.3) is 0 Å². The van der Waals surface area contributed by atoms with E-state index in [4.69, 9.17) is 14.0 Å². The van der Waals surface area contributed by atoms with E-state index in [1.165, 1.54) is 0 Å². The van der Waals surface area contributed by atoms with Crippen LogP contribution in [0.2, 0.25) is 0 Å². The van der Waals surface area contributed by atoms with Gasteiger partial charge in [-0.25, -0.2) is 0 Å². The monoisotopic (exact) mass is 537 g/mol. The Morgan fingerprint density at radius 2 is 1.61 bits per heavy atom. The van der Waals surface area contributed by atoms with Crippen LogP contribution in [0.15, 0.2) is 60.9 Å². The molecule has 1 aromatic heterocycles. The zero-order valence-electron chi connectivity index (χ0n) is 23.8. The fourth-order valence-electron chi connectivity index (χ4n) is 4.09. The maximum Gasteiger partial charge on any atom is 0.498 e. The highest BCUT2D eigenvalue weighted by Crippen LogP contribution is 2.36. The number of rotatable bonds is 9. The number of aromatic nitrogens is 2. The molecule has 0 spiro atoms. The summed E-state index contributed by atoms with van der Waals surface area (Å²) in [6.45, 7) is 16.7. The molecule has 1 aliphatic rings. The third-order valence-electron chi connectivity index (χ3n) is 6.96. The number of nitrogens with zero attached hydrogens (tertiary/aromatic N) is 2. The van der Waals surface area contributed by atoms with Crippen LogP contribution in [0.4, 0.5) is 0 Å². The zero-order valence-corrected chi connectivity index (χ0v) is 24.6. The lowest BCUT2D eigenvalue weighted by molar-refractivity contribution is 0.00578. The third kappa shape index (κ3) is 7.01. The minimum atomic E-state index is -1.11. The van der Waals surface area contributed by atoms with Gasteiger partial charge < -0.3 is 18.6 Å². The molecule has 9 heteroatoms. The Kier molecular flexibility index (Phi) is 8.36. The molecule has 0 bridgehead atoms. The lowest BCUT2D eigenvalue weighted by atomic mass is 9.82. The van der Waals surface area contributed by atoms with Crippen molar-refractivity contribution >= 4 is 23.9 Å². The minimum Gasteiger partial charge on any atom is -0.598 e. The normalized spacial score (nSPS) is 18.4. The number of ether oxygens (including phenoxy) is 1. The number of hydrogen-bond donors (Lipinski definition) is 1. The summed E-state index contributed by atoms with van der Waals surface area (Å²) in [6.07, 6.45) is 4.53. The van der Waals surface area contributed by atoms with E-state index in [1.54, 1.807) is 6.20 Å². The van der Waals surface area contributed by atoms with Gasteiger partial charge in [0, 0.05) is 29.2 Å². The molecular weight excluding hydrogens is 497 g/mol. The minimum absolute atomic E-state index is 0.0739. The van der Waals surface area contributed by atoms with Crippen molar-refractivity contribution in [2.24, 2.45) is 0 Å². The van der Waals surface area contributed by atoms with Gasteiger partial charge in [0.05, 0.1) is 23.8 Å². The highest BCUT2D eigenvalue weighted by Gasteiger charge is 2.52. The number of nitrogens with one attached hydrogen (secondary N) is 1. The summed E-state index contributed by atoms with van der Waals surface area (Å²) in [7, 11) is -0.429. The van der Waals surface area contributed by atoms with Crippen LogP contribution < -0.4 is 14.9 Å². The van der Waals surface area contributed by atoms with Gasteiger partial charge in [0.1, 0.15) is 16.2 Å². The molecule has 0 aliphatic carbocycles. The van der Waals surface area contributed by atoms with Crippen LogP contribution in [0.5, 0.6) is 11.5 Å². The first-order valence-electron chi connectivity index (χ1n) is 13.1. The number of benzene rings is 2. The van der Waals surface area contributed by atoms with Gasteiger partial charge in [-0.1, -0.05) is 24.3 Å². The molecule has 1 aliphatic heterocycles. The Morgan fingerprint density at radius 3 is 2.21 bits per heavy atom. The molecule has 38 heavy (non-hydrogen) atoms. The van der Waals surface area contributed by atoms with Crippen LogP contribution in [-0.4, -0.2) is 43.4 Å². The molecule has 0 amide bonds. The molecule has 204 valence electrons. The average molecular weight is 538 g/mol. The van der Waals surface area contributed by atoms with E-state index in [9.17, 15) is 4.55 Å². The average Bonchev–Trinajstić information content (AvgIpc) is 3.34. The van der Waals surface area contributed by atoms with Crippen molar-refractivity contribution in [2.45, 2.75) is 90.3 Å². The Hall–Kier alpha value is -2.30. The largest absolute Gasteiger partial charge is 0.598 e. The van der Waals surface area contributed by atoms with E-state index in [1.807, 2.05) is 103 Å². The van der Waals surface area contributed by atoms with Crippen molar-refractivity contribution in [3.63, 3.8) is 0 Å². The Balaban J connectivity index is 1.37. The van der Waals surface area contributed by atoms with Gasteiger partial charge in [0.15, 0.2) is 0 Å². The van der Waals surface area contributed by atoms with Gasteiger partial charge in [0.2, 0.25) is 0 Å². The van der Waals surface area contributed by atoms with Crippen molar-refractivity contribution in [3.8, 4) is 11.5 Å². The summed E-state index contributed by atoms with van der Waals surface area (Å²) in [4.78, 5) is 0. The van der Waals surface area contributed by atoms with E-state index in [-0.39, 0.29) is 22.0 Å². The summed E-state index contributed by atoms with van der Waals surface area (Å²) in [5.74, 6) is 1.53. The van der Waals surface area contributed by atoms with E-state index in [0.717, 1.165) is 34.5 Å². The topological polar surface area (TPSA) is 80.6 Å². The molecule has 3 aromatic rings. The molecule has 1 fully saturated rings. The van der Waals surface area contributed by atoms with E-state index < -0.39 is 18.5 Å². The molecule has 7 nitrogen and oxygen atoms in total. The van der Waals surface area contributed by atoms with Crippen molar-refractivity contribution in [2.75, 3.05) is 0 Å². The van der Waals surface area contributed by atoms with E-state index >= 15 is 0 Å². The first-order valence-corrected chi connectivity index (χ1v) is 14.3. The molecule has 0 saturated carbocycles. The summed E-state index contributed by atoms with van der Waals surface area (Å²) in [6, 6.07) is 16.1. The molecular formula is C29H40BN3O4S. The number of hydrogen-bond acceptors (Lipinski definition) is 6. The lowest BCUT2D eigenvalue weighted by Crippen LogP contribution is -2.44. The molecule has 2 atom stereocenters. The van der Waals surface area contributed by atoms with Crippen LogP contribution >= 0.6 is 0 Å². The van der Waals surface area contributed by atoms with Crippen LogP contribution in [-0.2, 0) is 33.6 Å². The van der Waals surface area contributed by atoms with E-state index in [2.05, 4.69) is 22.0 Å². The summed E-state index contributed by atoms with van der Waals surface area (Å²) in [5.41, 5.74) is 2.33. The molecule has 2 aromatic carbocycles. The maximum atomic E-state index is 12.4. The summed E-state index contributed by atoms with van der Waals surface area (Å²) < 4.78 is 35.7. The first-order chi connectivity index (χ1) is 17.7. The second-order valence-corrected chi connectivity index (χ2v) is 14.1. The second-order valence-electron chi connectivity index (χ2n) is 12.1. The first kappa shape index (κ1) is 28.7. The van der Waals surface area contributed by atoms with E-state index in [0.29, 0.717) is 6.54 Å². The van der Waals surface area contributed by atoms with Crippen LogP contribution in [0.3, 0.4) is 0 Å². The highest BCUT2D eigenvalue weighted by molar-refractivity contribution is 7.90. The third-order valence-corrected chi connectivity index (χ3v) is 8.69. The lowest BCUT2D eigenvalue weighted by Gasteiger charge is -2.32. The Labute approximate surface area is 230 Å². The smallest absolute Gasteiger partial charge is 0.498 e. The Morgan fingerprint density at radius 1 is 1.03 bits per heavy atom. The fourth-order valence-corrected chi connectivity index (χ4v) is 4.89. The summed E-state index contributed by atoms with van der Waals surface area (Å²) >= 11 is -1.11. The molecule has 0 radical (unpaired) electrons. The summed E-state index contributed by atoms with van der Waals surface area (Å²) in [5, 5.41) is 4.53. The molecule has 2 unspecified atom stereocenters. The van der Waals surface area contributed by atoms with Crippen LogP contribution in [0.1, 0.15) is 66.5 Å². The van der Waals surface area contributed by atoms with Gasteiger partial charge in [-0.05, 0) is 97.2 Å². The van der Waals surface area contributed by atoms with Gasteiger partial charge in [-0.2, -0.15) is 5.10 Å². The van der Waals surface area contributed by atoms with Crippen LogP contribution in [0, 0.1) is 0 Å².